The van der Waals surface area contributed by atoms with E-state index in [0.717, 1.165) is 48.6 Å². The largest absolute Gasteiger partial charge is 0.354 e. The minimum absolute atomic E-state index is 0.0920. The molecule has 1 aliphatic heterocycles. The Morgan fingerprint density at radius 3 is 2.57 bits per heavy atom. The van der Waals surface area contributed by atoms with Crippen LogP contribution in [0.4, 0.5) is 11.4 Å². The van der Waals surface area contributed by atoms with Crippen molar-refractivity contribution in [3.05, 3.63) is 59.2 Å². The Hall–Kier alpha value is -3.77. The van der Waals surface area contributed by atoms with Gasteiger partial charge in [-0.25, -0.2) is 4.68 Å². The smallest absolute Gasteiger partial charge is 0.273 e. The van der Waals surface area contributed by atoms with E-state index in [2.05, 4.69) is 64.7 Å². The SMILES string of the molecule is Cc1ncc(Nc2cc(C#N)cc(C(C)(C)C)c2)cc1-n1cc(C(=O)NC2CCN(C)CC2)nn1. The third kappa shape index (κ3) is 5.84. The fraction of sp³-hybridized carbons (Fsp3) is 0.423. The van der Waals surface area contributed by atoms with E-state index in [4.69, 9.17) is 0 Å². The molecule has 1 saturated heterocycles. The summed E-state index contributed by atoms with van der Waals surface area (Å²) in [6, 6.07) is 10.1. The molecule has 1 amide bonds. The maximum Gasteiger partial charge on any atom is 0.273 e. The Morgan fingerprint density at radius 2 is 1.89 bits per heavy atom. The summed E-state index contributed by atoms with van der Waals surface area (Å²) < 4.78 is 1.57. The second-order valence-electron chi connectivity index (χ2n) is 10.2. The number of aromatic nitrogens is 4. The summed E-state index contributed by atoms with van der Waals surface area (Å²) in [5, 5.41) is 24.2. The van der Waals surface area contributed by atoms with Crippen LogP contribution in [0.2, 0.25) is 0 Å². The summed E-state index contributed by atoms with van der Waals surface area (Å²) in [5.41, 5.74) is 4.87. The van der Waals surface area contributed by atoms with Crippen LogP contribution >= 0.6 is 0 Å². The molecule has 0 bridgehead atoms. The van der Waals surface area contributed by atoms with Gasteiger partial charge in [-0.3, -0.25) is 9.78 Å². The van der Waals surface area contributed by atoms with Gasteiger partial charge in [-0.1, -0.05) is 26.0 Å². The van der Waals surface area contributed by atoms with Gasteiger partial charge in [0.05, 0.1) is 41.1 Å². The van der Waals surface area contributed by atoms with Crippen LogP contribution in [0.1, 0.15) is 60.9 Å². The molecule has 9 heteroatoms. The molecule has 1 aromatic carbocycles. The highest BCUT2D eigenvalue weighted by Crippen LogP contribution is 2.28. The van der Waals surface area contributed by atoms with E-state index in [1.165, 1.54) is 0 Å². The number of amides is 1. The molecule has 0 saturated carbocycles. The van der Waals surface area contributed by atoms with Crippen molar-refractivity contribution in [1.29, 1.82) is 5.26 Å². The molecule has 3 heterocycles. The molecule has 0 unspecified atom stereocenters. The summed E-state index contributed by atoms with van der Waals surface area (Å²) >= 11 is 0. The van der Waals surface area contributed by atoms with Gasteiger partial charge in [0.2, 0.25) is 0 Å². The number of likely N-dealkylation sites (tertiary alicyclic amines) is 1. The number of nitrogens with zero attached hydrogens (tertiary/aromatic N) is 6. The van der Waals surface area contributed by atoms with Crippen LogP contribution < -0.4 is 10.6 Å². The van der Waals surface area contributed by atoms with E-state index >= 15 is 0 Å². The molecule has 0 aliphatic carbocycles. The predicted octanol–water partition coefficient (Wildman–Crippen LogP) is 3.71. The number of hydrogen-bond donors (Lipinski definition) is 2. The highest BCUT2D eigenvalue weighted by molar-refractivity contribution is 5.92. The maximum absolute atomic E-state index is 12.7. The van der Waals surface area contributed by atoms with E-state index in [0.29, 0.717) is 11.3 Å². The lowest BCUT2D eigenvalue weighted by atomic mass is 9.86. The van der Waals surface area contributed by atoms with Crippen LogP contribution in [0.15, 0.2) is 36.7 Å². The Morgan fingerprint density at radius 1 is 1.14 bits per heavy atom. The number of pyridine rings is 1. The minimum Gasteiger partial charge on any atom is -0.354 e. The van der Waals surface area contributed by atoms with Crippen molar-refractivity contribution in [2.75, 3.05) is 25.5 Å². The van der Waals surface area contributed by atoms with Crippen LogP contribution in [-0.4, -0.2) is 57.0 Å². The van der Waals surface area contributed by atoms with Gasteiger partial charge in [-0.2, -0.15) is 5.26 Å². The second-order valence-corrected chi connectivity index (χ2v) is 10.2. The molecule has 35 heavy (non-hydrogen) atoms. The first-order chi connectivity index (χ1) is 16.6. The highest BCUT2D eigenvalue weighted by atomic mass is 16.2. The molecule has 4 rings (SSSR count). The number of benzene rings is 1. The van der Waals surface area contributed by atoms with E-state index in [-0.39, 0.29) is 23.1 Å². The summed E-state index contributed by atoms with van der Waals surface area (Å²) in [6.07, 6.45) is 5.22. The Kier molecular flexibility index (Phi) is 6.85. The van der Waals surface area contributed by atoms with E-state index < -0.39 is 0 Å². The standard InChI is InChI=1S/C26H32N8O/c1-17-24(34-16-23(31-32-34)25(35)30-20-6-8-33(5)9-7-20)13-22(15-28-17)29-21-11-18(14-27)10-19(12-21)26(2,3)4/h10-13,15-16,20,29H,6-9H2,1-5H3,(H,30,35). The average Bonchev–Trinajstić information content (AvgIpc) is 3.31. The normalized spacial score (nSPS) is 15.0. The van der Waals surface area contributed by atoms with Gasteiger partial charge in [0.25, 0.3) is 5.91 Å². The molecule has 0 radical (unpaired) electrons. The first-order valence-electron chi connectivity index (χ1n) is 11.8. The van der Waals surface area contributed by atoms with Crippen molar-refractivity contribution in [2.24, 2.45) is 0 Å². The lowest BCUT2D eigenvalue weighted by molar-refractivity contribution is 0.0911. The Bertz CT molecular complexity index is 1260. The molecule has 2 aromatic heterocycles. The van der Waals surface area contributed by atoms with Crippen molar-refractivity contribution < 1.29 is 4.79 Å². The van der Waals surface area contributed by atoms with Crippen molar-refractivity contribution in [3.63, 3.8) is 0 Å². The zero-order valence-corrected chi connectivity index (χ0v) is 21.0. The van der Waals surface area contributed by atoms with Gasteiger partial charge in [-0.15, -0.1) is 5.10 Å². The Balaban J connectivity index is 1.53. The summed E-state index contributed by atoms with van der Waals surface area (Å²) in [7, 11) is 2.09. The topological polar surface area (TPSA) is 112 Å². The number of nitriles is 1. The van der Waals surface area contributed by atoms with Crippen LogP contribution in [0.3, 0.4) is 0 Å². The minimum atomic E-state index is -0.214. The van der Waals surface area contributed by atoms with Gasteiger partial charge in [-0.05, 0) is 75.1 Å². The third-order valence-electron chi connectivity index (χ3n) is 6.30. The van der Waals surface area contributed by atoms with Gasteiger partial charge in [0, 0.05) is 11.7 Å². The molecular formula is C26H32N8O. The fourth-order valence-corrected chi connectivity index (χ4v) is 4.08. The number of carbonyl (C=O) groups excluding carboxylic acids is 1. The molecule has 3 aromatic rings. The summed E-state index contributed by atoms with van der Waals surface area (Å²) in [6.45, 7) is 10.2. The monoisotopic (exact) mass is 472 g/mol. The molecule has 2 N–H and O–H groups in total. The van der Waals surface area contributed by atoms with Crippen molar-refractivity contribution >= 4 is 17.3 Å². The Labute approximate surface area is 206 Å². The predicted molar refractivity (Wildman–Crippen MR) is 135 cm³/mol. The summed E-state index contributed by atoms with van der Waals surface area (Å²) in [4.78, 5) is 19.5. The van der Waals surface area contributed by atoms with Crippen LogP contribution in [0.25, 0.3) is 5.69 Å². The quantitative estimate of drug-likeness (QED) is 0.582. The number of aryl methyl sites for hydroxylation is 1. The van der Waals surface area contributed by atoms with Crippen LogP contribution in [-0.2, 0) is 5.41 Å². The average molecular weight is 473 g/mol. The zero-order valence-electron chi connectivity index (χ0n) is 21.0. The third-order valence-corrected chi connectivity index (χ3v) is 6.30. The lowest BCUT2D eigenvalue weighted by Gasteiger charge is -2.29. The number of hydrogen-bond acceptors (Lipinski definition) is 7. The first-order valence-corrected chi connectivity index (χ1v) is 11.8. The molecular weight excluding hydrogens is 440 g/mol. The second kappa shape index (κ2) is 9.84. The molecule has 0 atom stereocenters. The molecule has 1 aliphatic rings. The number of anilines is 2. The molecule has 1 fully saturated rings. The number of nitrogens with one attached hydrogen (secondary N) is 2. The van der Waals surface area contributed by atoms with Crippen molar-refractivity contribution in [3.8, 4) is 11.8 Å². The lowest BCUT2D eigenvalue weighted by Crippen LogP contribution is -2.43. The highest BCUT2D eigenvalue weighted by Gasteiger charge is 2.21. The molecule has 182 valence electrons. The molecule has 9 nitrogen and oxygen atoms in total. The first kappa shape index (κ1) is 24.4. The van der Waals surface area contributed by atoms with Gasteiger partial charge < -0.3 is 15.5 Å². The van der Waals surface area contributed by atoms with Crippen LogP contribution in [0.5, 0.6) is 0 Å². The number of piperidine rings is 1. The van der Waals surface area contributed by atoms with Gasteiger partial charge >= 0.3 is 0 Å². The van der Waals surface area contributed by atoms with Crippen molar-refractivity contribution in [2.45, 2.75) is 52.0 Å². The van der Waals surface area contributed by atoms with E-state index in [1.54, 1.807) is 17.1 Å². The van der Waals surface area contributed by atoms with E-state index in [9.17, 15) is 10.1 Å². The molecule has 0 spiro atoms. The number of carbonyl (C=O) groups is 1. The maximum atomic E-state index is 12.7. The van der Waals surface area contributed by atoms with Gasteiger partial charge in [0.1, 0.15) is 0 Å². The van der Waals surface area contributed by atoms with Crippen molar-refractivity contribution in [1.82, 2.24) is 30.2 Å². The fourth-order valence-electron chi connectivity index (χ4n) is 4.08. The van der Waals surface area contributed by atoms with Gasteiger partial charge in [0.15, 0.2) is 5.69 Å². The van der Waals surface area contributed by atoms with Crippen LogP contribution in [0, 0.1) is 18.3 Å². The number of rotatable bonds is 5. The van der Waals surface area contributed by atoms with E-state index in [1.807, 2.05) is 31.2 Å². The summed E-state index contributed by atoms with van der Waals surface area (Å²) in [5.74, 6) is -0.214. The zero-order chi connectivity index (χ0) is 25.2.